The van der Waals surface area contributed by atoms with Crippen molar-refractivity contribution in [3.63, 3.8) is 0 Å². The van der Waals surface area contributed by atoms with E-state index in [1.165, 1.54) is 11.1 Å². The number of carbonyl (C=O) groups is 1. The van der Waals surface area contributed by atoms with E-state index >= 15 is 0 Å². The number of carbonyl (C=O) groups excluding carboxylic acids is 1. The second kappa shape index (κ2) is 8.58. The van der Waals surface area contributed by atoms with E-state index in [1.807, 2.05) is 32.2 Å². The number of furan rings is 1. The number of imidazole rings is 1. The zero-order valence-electron chi connectivity index (χ0n) is 16.1. The Morgan fingerprint density at radius 1 is 1.22 bits per heavy atom. The molecule has 3 rings (SSSR count). The van der Waals surface area contributed by atoms with Crippen LogP contribution in [0.2, 0.25) is 0 Å². The smallest absolute Gasteiger partial charge is 0.318 e. The fourth-order valence-corrected chi connectivity index (χ4v) is 2.82. The molecule has 6 nitrogen and oxygen atoms in total. The van der Waals surface area contributed by atoms with Crippen molar-refractivity contribution in [3.05, 3.63) is 77.8 Å². The highest BCUT2D eigenvalue weighted by Gasteiger charge is 2.19. The van der Waals surface area contributed by atoms with Gasteiger partial charge in [-0.15, -0.1) is 0 Å². The summed E-state index contributed by atoms with van der Waals surface area (Å²) in [7, 11) is 0. The molecule has 1 aromatic carbocycles. The number of nitrogens with zero attached hydrogens (tertiary/aromatic N) is 3. The third-order valence-corrected chi connectivity index (χ3v) is 4.23. The first-order valence-electron chi connectivity index (χ1n) is 9.14. The van der Waals surface area contributed by atoms with Crippen LogP contribution in [0.3, 0.4) is 0 Å². The zero-order chi connectivity index (χ0) is 19.2. The Balaban J connectivity index is 1.76. The average Bonchev–Trinajstić information content (AvgIpc) is 3.28. The summed E-state index contributed by atoms with van der Waals surface area (Å²) >= 11 is 0. The average molecular weight is 366 g/mol. The van der Waals surface area contributed by atoms with Gasteiger partial charge in [0, 0.05) is 25.0 Å². The molecule has 0 radical (unpaired) electrons. The topological polar surface area (TPSA) is 63.3 Å². The fraction of sp³-hybridized carbons (Fsp3) is 0.333. The SMILES string of the molecule is Cc1ccc(Cn2ccnc2CN(Cc2ccco2)C(=O)NC(C)C)cc1. The van der Waals surface area contributed by atoms with Gasteiger partial charge >= 0.3 is 6.03 Å². The summed E-state index contributed by atoms with van der Waals surface area (Å²) in [6, 6.07) is 12.1. The van der Waals surface area contributed by atoms with Crippen molar-refractivity contribution < 1.29 is 9.21 Å². The van der Waals surface area contributed by atoms with Gasteiger partial charge in [-0.05, 0) is 38.5 Å². The summed E-state index contributed by atoms with van der Waals surface area (Å²) in [5.74, 6) is 1.58. The summed E-state index contributed by atoms with van der Waals surface area (Å²) in [5.41, 5.74) is 2.43. The molecular formula is C21H26N4O2. The molecule has 0 unspecified atom stereocenters. The lowest BCUT2D eigenvalue weighted by molar-refractivity contribution is 0.182. The van der Waals surface area contributed by atoms with Crippen molar-refractivity contribution in [2.75, 3.05) is 0 Å². The number of aryl methyl sites for hydroxylation is 1. The van der Waals surface area contributed by atoms with E-state index in [4.69, 9.17) is 4.42 Å². The lowest BCUT2D eigenvalue weighted by atomic mass is 10.1. The molecule has 2 heterocycles. The second-order valence-corrected chi connectivity index (χ2v) is 7.00. The molecule has 2 aromatic heterocycles. The third kappa shape index (κ3) is 5.23. The van der Waals surface area contributed by atoms with Crippen LogP contribution >= 0.6 is 0 Å². The Morgan fingerprint density at radius 2 is 2.00 bits per heavy atom. The molecule has 142 valence electrons. The number of hydrogen-bond donors (Lipinski definition) is 1. The van der Waals surface area contributed by atoms with Crippen molar-refractivity contribution in [1.29, 1.82) is 0 Å². The highest BCUT2D eigenvalue weighted by molar-refractivity contribution is 5.74. The van der Waals surface area contributed by atoms with Crippen LogP contribution in [0.5, 0.6) is 0 Å². The van der Waals surface area contributed by atoms with Crippen molar-refractivity contribution >= 4 is 6.03 Å². The molecule has 0 atom stereocenters. The molecule has 0 spiro atoms. The van der Waals surface area contributed by atoms with Gasteiger partial charge < -0.3 is 19.2 Å². The first kappa shape index (κ1) is 18.8. The van der Waals surface area contributed by atoms with E-state index in [0.29, 0.717) is 13.1 Å². The Kier molecular flexibility index (Phi) is 5.96. The normalized spacial score (nSPS) is 11.0. The molecule has 0 saturated heterocycles. The van der Waals surface area contributed by atoms with Crippen LogP contribution in [0.15, 0.2) is 59.5 Å². The predicted octanol–water partition coefficient (Wildman–Crippen LogP) is 3.95. The van der Waals surface area contributed by atoms with Gasteiger partial charge in [-0.3, -0.25) is 0 Å². The first-order valence-corrected chi connectivity index (χ1v) is 9.14. The Bertz CT molecular complexity index is 851. The molecule has 0 aliphatic rings. The van der Waals surface area contributed by atoms with Crippen molar-refractivity contribution in [3.8, 4) is 0 Å². The van der Waals surface area contributed by atoms with Gasteiger partial charge in [0.1, 0.15) is 11.6 Å². The number of amides is 2. The quantitative estimate of drug-likeness (QED) is 0.688. The lowest BCUT2D eigenvalue weighted by Crippen LogP contribution is -2.42. The molecule has 3 aromatic rings. The van der Waals surface area contributed by atoms with Crippen LogP contribution < -0.4 is 5.32 Å². The molecule has 0 saturated carbocycles. The highest BCUT2D eigenvalue weighted by Crippen LogP contribution is 2.13. The molecule has 27 heavy (non-hydrogen) atoms. The minimum absolute atomic E-state index is 0.0592. The fourth-order valence-electron chi connectivity index (χ4n) is 2.82. The second-order valence-electron chi connectivity index (χ2n) is 7.00. The van der Waals surface area contributed by atoms with Gasteiger partial charge in [-0.25, -0.2) is 9.78 Å². The number of nitrogens with one attached hydrogen (secondary N) is 1. The Morgan fingerprint density at radius 3 is 2.67 bits per heavy atom. The number of rotatable bonds is 7. The summed E-state index contributed by atoms with van der Waals surface area (Å²) in [6.45, 7) is 7.48. The van der Waals surface area contributed by atoms with Gasteiger partial charge in [0.15, 0.2) is 0 Å². The molecule has 1 N–H and O–H groups in total. The standard InChI is InChI=1S/C21H26N4O2/c1-16(2)23-21(26)25(14-19-5-4-12-27-19)15-20-22-10-11-24(20)13-18-8-6-17(3)7-9-18/h4-12,16H,13-15H2,1-3H3,(H,23,26). The number of aromatic nitrogens is 2. The summed E-state index contributed by atoms with van der Waals surface area (Å²) in [5, 5.41) is 2.95. The van der Waals surface area contributed by atoms with E-state index in [0.717, 1.165) is 18.1 Å². The summed E-state index contributed by atoms with van der Waals surface area (Å²) < 4.78 is 7.50. The van der Waals surface area contributed by atoms with Crippen LogP contribution in [0.1, 0.15) is 36.6 Å². The Labute approximate surface area is 159 Å². The Hall–Kier alpha value is -3.02. The zero-order valence-corrected chi connectivity index (χ0v) is 16.1. The van der Waals surface area contributed by atoms with Gasteiger partial charge in [0.2, 0.25) is 0 Å². The maximum Gasteiger partial charge on any atom is 0.318 e. The molecule has 2 amide bonds. The number of benzene rings is 1. The minimum Gasteiger partial charge on any atom is -0.467 e. The lowest BCUT2D eigenvalue weighted by Gasteiger charge is -2.23. The third-order valence-electron chi connectivity index (χ3n) is 4.23. The van der Waals surface area contributed by atoms with Crippen LogP contribution in [-0.4, -0.2) is 26.5 Å². The molecule has 0 aliphatic carbocycles. The summed E-state index contributed by atoms with van der Waals surface area (Å²) in [4.78, 5) is 18.8. The van der Waals surface area contributed by atoms with E-state index in [1.54, 1.807) is 17.4 Å². The number of urea groups is 1. The van der Waals surface area contributed by atoms with E-state index in [-0.39, 0.29) is 12.1 Å². The van der Waals surface area contributed by atoms with Crippen molar-refractivity contribution in [2.24, 2.45) is 0 Å². The van der Waals surface area contributed by atoms with Crippen LogP contribution in [-0.2, 0) is 19.6 Å². The van der Waals surface area contributed by atoms with E-state index in [9.17, 15) is 4.79 Å². The molecule has 6 heteroatoms. The highest BCUT2D eigenvalue weighted by atomic mass is 16.3. The van der Waals surface area contributed by atoms with Gasteiger partial charge in [-0.1, -0.05) is 29.8 Å². The van der Waals surface area contributed by atoms with Gasteiger partial charge in [0.25, 0.3) is 0 Å². The monoisotopic (exact) mass is 366 g/mol. The predicted molar refractivity (Wildman–Crippen MR) is 104 cm³/mol. The molecule has 0 aliphatic heterocycles. The maximum absolute atomic E-state index is 12.6. The van der Waals surface area contributed by atoms with Crippen LogP contribution in [0, 0.1) is 6.92 Å². The van der Waals surface area contributed by atoms with Gasteiger partial charge in [0.05, 0.1) is 19.4 Å². The van der Waals surface area contributed by atoms with Crippen molar-refractivity contribution in [2.45, 2.75) is 46.4 Å². The largest absolute Gasteiger partial charge is 0.467 e. The number of hydrogen-bond acceptors (Lipinski definition) is 3. The minimum atomic E-state index is -0.133. The van der Waals surface area contributed by atoms with Crippen LogP contribution in [0.4, 0.5) is 4.79 Å². The molecule has 0 bridgehead atoms. The molecular weight excluding hydrogens is 340 g/mol. The van der Waals surface area contributed by atoms with Crippen LogP contribution in [0.25, 0.3) is 0 Å². The van der Waals surface area contributed by atoms with Crippen molar-refractivity contribution in [1.82, 2.24) is 19.8 Å². The van der Waals surface area contributed by atoms with Gasteiger partial charge in [-0.2, -0.15) is 0 Å². The maximum atomic E-state index is 12.6. The van der Waals surface area contributed by atoms with E-state index in [2.05, 4.69) is 46.1 Å². The first-order chi connectivity index (χ1) is 13.0. The summed E-state index contributed by atoms with van der Waals surface area (Å²) in [6.07, 6.45) is 5.34. The van der Waals surface area contributed by atoms with E-state index < -0.39 is 0 Å². The molecule has 0 fully saturated rings.